The van der Waals surface area contributed by atoms with Gasteiger partial charge in [0.2, 0.25) is 5.91 Å². The van der Waals surface area contributed by atoms with Gasteiger partial charge in [-0.1, -0.05) is 18.2 Å². The summed E-state index contributed by atoms with van der Waals surface area (Å²) >= 11 is 0. The normalized spacial score (nSPS) is 17.5. The molecule has 7 nitrogen and oxygen atoms in total. The third-order valence-electron chi connectivity index (χ3n) is 3.11. The van der Waals surface area contributed by atoms with Gasteiger partial charge in [-0.25, -0.2) is 0 Å². The Hall–Kier alpha value is -2.41. The molecule has 0 aliphatic carbocycles. The van der Waals surface area contributed by atoms with E-state index in [0.29, 0.717) is 18.9 Å². The lowest BCUT2D eigenvalue weighted by atomic mass is 10.1. The van der Waals surface area contributed by atoms with Gasteiger partial charge in [-0.15, -0.1) is 0 Å². The quantitative estimate of drug-likeness (QED) is 0.713. The van der Waals surface area contributed by atoms with E-state index in [2.05, 4.69) is 10.4 Å². The van der Waals surface area contributed by atoms with Crippen molar-refractivity contribution in [3.63, 3.8) is 0 Å². The van der Waals surface area contributed by atoms with Gasteiger partial charge in [0, 0.05) is 20.1 Å². The topological polar surface area (TPSA) is 97.0 Å². The van der Waals surface area contributed by atoms with E-state index in [1.54, 1.807) is 7.11 Å². The maximum Gasteiger partial charge on any atom is 0.267 e. The standard InChI is InChI=1S/C14H18N4O3/c1-21-8-7-16-14(20)11-9-12(13(15)19)18(17-11)10-5-3-2-4-6-10/h2-6,12H,7-9H2,1H3,(H2,15,19)(H,16,20)/t12-/m0/s1. The fraction of sp³-hybridized carbons (Fsp3) is 0.357. The molecule has 0 saturated carbocycles. The number of carbonyl (C=O) groups excluding carboxylic acids is 2. The van der Waals surface area contributed by atoms with Gasteiger partial charge in [-0.2, -0.15) is 5.10 Å². The predicted molar refractivity (Wildman–Crippen MR) is 78.8 cm³/mol. The maximum atomic E-state index is 12.0. The smallest absolute Gasteiger partial charge is 0.267 e. The van der Waals surface area contributed by atoms with Crippen LogP contribution in [0.3, 0.4) is 0 Å². The van der Waals surface area contributed by atoms with E-state index in [1.165, 1.54) is 5.01 Å². The van der Waals surface area contributed by atoms with Crippen molar-refractivity contribution < 1.29 is 14.3 Å². The molecule has 3 N–H and O–H groups in total. The summed E-state index contributed by atoms with van der Waals surface area (Å²) in [6.45, 7) is 0.807. The second-order valence-corrected chi connectivity index (χ2v) is 4.60. The van der Waals surface area contributed by atoms with Crippen molar-refractivity contribution in [3.05, 3.63) is 30.3 Å². The third kappa shape index (κ3) is 3.57. The van der Waals surface area contributed by atoms with E-state index >= 15 is 0 Å². The molecule has 1 atom stereocenters. The minimum Gasteiger partial charge on any atom is -0.383 e. The lowest BCUT2D eigenvalue weighted by Crippen LogP contribution is -2.40. The molecule has 1 aliphatic heterocycles. The Balaban J connectivity index is 2.14. The van der Waals surface area contributed by atoms with Crippen molar-refractivity contribution in [2.75, 3.05) is 25.3 Å². The number of rotatable bonds is 6. The molecule has 0 aromatic heterocycles. The summed E-state index contributed by atoms with van der Waals surface area (Å²) in [5.74, 6) is -0.820. The molecule has 0 unspecified atom stereocenters. The van der Waals surface area contributed by atoms with Crippen LogP contribution < -0.4 is 16.1 Å². The molecule has 0 radical (unpaired) electrons. The molecule has 1 aromatic carbocycles. The van der Waals surface area contributed by atoms with Crippen molar-refractivity contribution in [1.29, 1.82) is 0 Å². The summed E-state index contributed by atoms with van der Waals surface area (Å²) in [5, 5.41) is 8.41. The summed E-state index contributed by atoms with van der Waals surface area (Å²) in [7, 11) is 1.56. The third-order valence-corrected chi connectivity index (χ3v) is 3.11. The highest BCUT2D eigenvalue weighted by molar-refractivity contribution is 6.40. The van der Waals surface area contributed by atoms with E-state index in [4.69, 9.17) is 10.5 Å². The largest absolute Gasteiger partial charge is 0.383 e. The van der Waals surface area contributed by atoms with Crippen LogP contribution in [0.4, 0.5) is 5.69 Å². The molecule has 0 saturated heterocycles. The molecular weight excluding hydrogens is 272 g/mol. The molecule has 0 bridgehead atoms. The number of benzene rings is 1. The molecule has 21 heavy (non-hydrogen) atoms. The number of amides is 2. The number of hydrogen-bond donors (Lipinski definition) is 2. The molecule has 1 aliphatic rings. The van der Waals surface area contributed by atoms with Crippen molar-refractivity contribution in [2.24, 2.45) is 10.8 Å². The zero-order chi connectivity index (χ0) is 15.2. The molecule has 0 spiro atoms. The number of para-hydroxylation sites is 1. The van der Waals surface area contributed by atoms with Crippen LogP contribution in [0.25, 0.3) is 0 Å². The SMILES string of the molecule is COCCNC(=O)C1=NN(c2ccccc2)[C@H](C(N)=O)C1. The van der Waals surface area contributed by atoms with E-state index < -0.39 is 11.9 Å². The predicted octanol–water partition coefficient (Wildman–Crippen LogP) is -0.131. The first-order chi connectivity index (χ1) is 10.1. The minimum atomic E-state index is -0.643. The molecule has 1 heterocycles. The van der Waals surface area contributed by atoms with Gasteiger partial charge in [0.05, 0.1) is 12.3 Å². The lowest BCUT2D eigenvalue weighted by molar-refractivity contribution is -0.119. The van der Waals surface area contributed by atoms with Crippen LogP contribution in [-0.4, -0.2) is 43.8 Å². The molecule has 7 heteroatoms. The van der Waals surface area contributed by atoms with Gasteiger partial charge in [0.1, 0.15) is 11.8 Å². The van der Waals surface area contributed by atoms with Crippen LogP contribution in [0.15, 0.2) is 35.4 Å². The Kier molecular flexibility index (Phi) is 4.89. The molecule has 112 valence electrons. The second-order valence-electron chi connectivity index (χ2n) is 4.60. The fourth-order valence-corrected chi connectivity index (χ4v) is 2.06. The second kappa shape index (κ2) is 6.85. The van der Waals surface area contributed by atoms with E-state index in [0.717, 1.165) is 5.69 Å². The number of hydrogen-bond acceptors (Lipinski definition) is 5. The van der Waals surface area contributed by atoms with Crippen molar-refractivity contribution in [3.8, 4) is 0 Å². The number of methoxy groups -OCH3 is 1. The zero-order valence-electron chi connectivity index (χ0n) is 11.8. The highest BCUT2D eigenvalue weighted by Crippen LogP contribution is 2.24. The molecule has 2 amide bonds. The van der Waals surface area contributed by atoms with Gasteiger partial charge < -0.3 is 15.8 Å². The number of nitrogens with two attached hydrogens (primary N) is 1. The van der Waals surface area contributed by atoms with Crippen LogP contribution in [0.1, 0.15) is 6.42 Å². The number of nitrogens with one attached hydrogen (secondary N) is 1. The zero-order valence-corrected chi connectivity index (χ0v) is 11.8. The van der Waals surface area contributed by atoms with E-state index in [9.17, 15) is 9.59 Å². The first-order valence-corrected chi connectivity index (χ1v) is 6.61. The summed E-state index contributed by atoms with van der Waals surface area (Å²) in [4.78, 5) is 23.6. The number of hydrazone groups is 1. The summed E-state index contributed by atoms with van der Waals surface area (Å²) in [6, 6.07) is 8.51. The average Bonchev–Trinajstić information content (AvgIpc) is 2.94. The lowest BCUT2D eigenvalue weighted by Gasteiger charge is -2.20. The first-order valence-electron chi connectivity index (χ1n) is 6.61. The molecule has 2 rings (SSSR count). The van der Waals surface area contributed by atoms with Gasteiger partial charge in [-0.05, 0) is 12.1 Å². The van der Waals surface area contributed by atoms with Gasteiger partial charge in [0.25, 0.3) is 5.91 Å². The van der Waals surface area contributed by atoms with Gasteiger partial charge in [-0.3, -0.25) is 14.6 Å². The Morgan fingerprint density at radius 3 is 2.76 bits per heavy atom. The van der Waals surface area contributed by atoms with Crippen LogP contribution in [0, 0.1) is 0 Å². The van der Waals surface area contributed by atoms with Crippen LogP contribution in [0.5, 0.6) is 0 Å². The molecule has 0 fully saturated rings. The van der Waals surface area contributed by atoms with E-state index in [1.807, 2.05) is 30.3 Å². The first kappa shape index (κ1) is 15.0. The molecular formula is C14H18N4O3. The number of anilines is 1. The Morgan fingerprint density at radius 2 is 2.14 bits per heavy atom. The Morgan fingerprint density at radius 1 is 1.43 bits per heavy atom. The highest BCUT2D eigenvalue weighted by Gasteiger charge is 2.34. The van der Waals surface area contributed by atoms with Crippen LogP contribution >= 0.6 is 0 Å². The fourth-order valence-electron chi connectivity index (χ4n) is 2.06. The number of carbonyl (C=O) groups is 2. The molecule has 1 aromatic rings. The number of primary amides is 1. The van der Waals surface area contributed by atoms with Gasteiger partial charge in [0.15, 0.2) is 0 Å². The monoisotopic (exact) mass is 290 g/mol. The van der Waals surface area contributed by atoms with Crippen molar-refractivity contribution in [1.82, 2.24) is 5.32 Å². The average molecular weight is 290 g/mol. The summed E-state index contributed by atoms with van der Waals surface area (Å²) in [5.41, 5.74) is 6.42. The van der Waals surface area contributed by atoms with Crippen molar-refractivity contribution in [2.45, 2.75) is 12.5 Å². The van der Waals surface area contributed by atoms with Crippen LogP contribution in [-0.2, 0) is 14.3 Å². The highest BCUT2D eigenvalue weighted by atomic mass is 16.5. The van der Waals surface area contributed by atoms with Crippen molar-refractivity contribution >= 4 is 23.2 Å². The summed E-state index contributed by atoms with van der Waals surface area (Å²) < 4.78 is 4.87. The summed E-state index contributed by atoms with van der Waals surface area (Å²) in [6.07, 6.45) is 0.197. The maximum absolute atomic E-state index is 12.0. The number of nitrogens with zero attached hydrogens (tertiary/aromatic N) is 2. The van der Waals surface area contributed by atoms with Crippen LogP contribution in [0.2, 0.25) is 0 Å². The van der Waals surface area contributed by atoms with Gasteiger partial charge >= 0.3 is 0 Å². The minimum absolute atomic E-state index is 0.197. The van der Waals surface area contributed by atoms with E-state index in [-0.39, 0.29) is 12.3 Å². The Labute approximate surface area is 122 Å². The Bertz CT molecular complexity index is 544. The number of ether oxygens (including phenoxy) is 1.